The van der Waals surface area contributed by atoms with Gasteiger partial charge in [-0.3, -0.25) is 0 Å². The second kappa shape index (κ2) is 4.06. The molecule has 0 bridgehead atoms. The predicted octanol–water partition coefficient (Wildman–Crippen LogP) is 1.09. The molecule has 0 saturated heterocycles. The van der Waals surface area contributed by atoms with Gasteiger partial charge in [-0.25, -0.2) is 4.79 Å². The SMILES string of the molecule is O=C(O)c1ccccc1O.[V]. The molecule has 0 aliphatic heterocycles. The maximum absolute atomic E-state index is 10.3. The van der Waals surface area contributed by atoms with Crippen molar-refractivity contribution >= 4 is 5.97 Å². The molecular weight excluding hydrogens is 183 g/mol. The maximum Gasteiger partial charge on any atom is 0.339 e. The average molecular weight is 189 g/mol. The summed E-state index contributed by atoms with van der Waals surface area (Å²) in [6.45, 7) is 0. The number of aromatic hydroxyl groups is 1. The quantitative estimate of drug-likeness (QED) is 0.695. The van der Waals surface area contributed by atoms with Crippen LogP contribution in [-0.4, -0.2) is 16.2 Å². The van der Waals surface area contributed by atoms with Gasteiger partial charge in [-0.2, -0.15) is 0 Å². The number of phenols is 1. The van der Waals surface area contributed by atoms with Gasteiger partial charge < -0.3 is 10.2 Å². The van der Waals surface area contributed by atoms with E-state index in [-0.39, 0.29) is 29.9 Å². The molecule has 0 amide bonds. The van der Waals surface area contributed by atoms with E-state index in [4.69, 9.17) is 10.2 Å². The largest absolute Gasteiger partial charge is 0.507 e. The number of hydrogen-bond acceptors (Lipinski definition) is 2. The Bertz CT molecular complexity index is 260. The van der Waals surface area contributed by atoms with Gasteiger partial charge in [0, 0.05) is 18.6 Å². The van der Waals surface area contributed by atoms with Crippen molar-refractivity contribution < 1.29 is 33.6 Å². The van der Waals surface area contributed by atoms with E-state index in [2.05, 4.69) is 0 Å². The number of benzene rings is 1. The van der Waals surface area contributed by atoms with Gasteiger partial charge in [0.2, 0.25) is 0 Å². The van der Waals surface area contributed by atoms with Crippen molar-refractivity contribution in [2.45, 2.75) is 0 Å². The van der Waals surface area contributed by atoms with Crippen molar-refractivity contribution in [2.24, 2.45) is 0 Å². The first kappa shape index (κ1) is 10.1. The smallest absolute Gasteiger partial charge is 0.339 e. The monoisotopic (exact) mass is 189 g/mol. The van der Waals surface area contributed by atoms with E-state index in [1.54, 1.807) is 12.1 Å². The molecular formula is C7H6O3V. The van der Waals surface area contributed by atoms with Gasteiger partial charge in [-0.05, 0) is 12.1 Å². The maximum atomic E-state index is 10.3. The van der Waals surface area contributed by atoms with Crippen LogP contribution in [0.2, 0.25) is 0 Å². The van der Waals surface area contributed by atoms with E-state index in [9.17, 15) is 4.79 Å². The Kier molecular flexibility index (Phi) is 3.72. The number of carboxylic acid groups (broad SMARTS) is 1. The molecule has 1 aromatic carbocycles. The summed E-state index contributed by atoms with van der Waals surface area (Å²) < 4.78 is 0. The molecule has 0 spiro atoms. The molecule has 3 nitrogen and oxygen atoms in total. The van der Waals surface area contributed by atoms with E-state index >= 15 is 0 Å². The molecule has 0 saturated carbocycles. The summed E-state index contributed by atoms with van der Waals surface area (Å²) in [4.78, 5) is 10.3. The topological polar surface area (TPSA) is 57.5 Å². The number of aromatic carboxylic acids is 1. The van der Waals surface area contributed by atoms with Crippen LogP contribution in [0.25, 0.3) is 0 Å². The number of carboxylic acids is 1. The third kappa shape index (κ3) is 2.29. The van der Waals surface area contributed by atoms with Gasteiger partial charge in [0.25, 0.3) is 0 Å². The third-order valence-corrected chi connectivity index (χ3v) is 1.13. The minimum Gasteiger partial charge on any atom is -0.507 e. The first-order chi connectivity index (χ1) is 4.72. The third-order valence-electron chi connectivity index (χ3n) is 1.13. The van der Waals surface area contributed by atoms with E-state index in [0.717, 1.165) is 0 Å². The molecule has 57 valence electrons. The summed E-state index contributed by atoms with van der Waals surface area (Å²) in [5, 5.41) is 17.3. The molecule has 0 fully saturated rings. The van der Waals surface area contributed by atoms with Crippen LogP contribution in [0.5, 0.6) is 5.75 Å². The normalized spacial score (nSPS) is 8.36. The van der Waals surface area contributed by atoms with Crippen LogP contribution in [0.1, 0.15) is 10.4 Å². The molecule has 1 rings (SSSR count). The Morgan fingerprint density at radius 2 is 1.82 bits per heavy atom. The Hall–Kier alpha value is -0.926. The van der Waals surface area contributed by atoms with E-state index < -0.39 is 5.97 Å². The predicted molar refractivity (Wildman–Crippen MR) is 35.1 cm³/mol. The zero-order valence-electron chi connectivity index (χ0n) is 5.56. The molecule has 4 heteroatoms. The van der Waals surface area contributed by atoms with Crippen molar-refractivity contribution in [3.63, 3.8) is 0 Å². The molecule has 0 aromatic heterocycles. The zero-order valence-corrected chi connectivity index (χ0v) is 6.96. The number of carbonyl (C=O) groups is 1. The minimum atomic E-state index is -1.11. The van der Waals surface area contributed by atoms with Gasteiger partial charge in [0.15, 0.2) is 0 Å². The fourth-order valence-corrected chi connectivity index (χ4v) is 0.654. The van der Waals surface area contributed by atoms with E-state index in [0.29, 0.717) is 0 Å². The van der Waals surface area contributed by atoms with E-state index in [1.807, 2.05) is 0 Å². The van der Waals surface area contributed by atoms with Crippen LogP contribution in [0, 0.1) is 0 Å². The van der Waals surface area contributed by atoms with Crippen LogP contribution >= 0.6 is 0 Å². The van der Waals surface area contributed by atoms with Gasteiger partial charge >= 0.3 is 5.97 Å². The molecule has 0 unspecified atom stereocenters. The first-order valence-corrected chi connectivity index (χ1v) is 2.73. The van der Waals surface area contributed by atoms with Gasteiger partial charge in [0.1, 0.15) is 11.3 Å². The number of para-hydroxylation sites is 1. The average Bonchev–Trinajstić information content (AvgIpc) is 1.88. The zero-order chi connectivity index (χ0) is 7.56. The Balaban J connectivity index is 0.000001000. The number of rotatable bonds is 1. The van der Waals surface area contributed by atoms with Crippen LogP contribution in [0.15, 0.2) is 24.3 Å². The molecule has 0 heterocycles. The molecule has 1 radical (unpaired) electrons. The molecule has 0 atom stereocenters. The summed E-state index contributed by atoms with van der Waals surface area (Å²) >= 11 is 0. The van der Waals surface area contributed by atoms with Crippen molar-refractivity contribution in [3.8, 4) is 5.75 Å². The summed E-state index contributed by atoms with van der Waals surface area (Å²) in [6.07, 6.45) is 0. The van der Waals surface area contributed by atoms with Gasteiger partial charge in [0.05, 0.1) is 0 Å². The summed E-state index contributed by atoms with van der Waals surface area (Å²) in [5.74, 6) is -1.31. The van der Waals surface area contributed by atoms with Crippen molar-refractivity contribution in [2.75, 3.05) is 0 Å². The molecule has 0 aliphatic rings. The Morgan fingerprint density at radius 1 is 1.27 bits per heavy atom. The summed E-state index contributed by atoms with van der Waals surface area (Å²) in [5.41, 5.74) is -0.0671. The molecule has 11 heavy (non-hydrogen) atoms. The molecule has 2 N–H and O–H groups in total. The number of hydrogen-bond donors (Lipinski definition) is 2. The van der Waals surface area contributed by atoms with Crippen molar-refractivity contribution in [1.82, 2.24) is 0 Å². The Labute approximate surface area is 75.6 Å². The fraction of sp³-hybridized carbons (Fsp3) is 0. The minimum absolute atomic E-state index is 0. The molecule has 1 aromatic rings. The van der Waals surface area contributed by atoms with Gasteiger partial charge in [-0.1, -0.05) is 12.1 Å². The standard InChI is InChI=1S/C7H6O3.V/c8-6-4-2-1-3-5(6)7(9)10;/h1-4,8H,(H,9,10);. The second-order valence-electron chi connectivity index (χ2n) is 1.82. The van der Waals surface area contributed by atoms with Gasteiger partial charge in [-0.15, -0.1) is 0 Å². The summed E-state index contributed by atoms with van der Waals surface area (Å²) in [6, 6.07) is 5.81. The van der Waals surface area contributed by atoms with Crippen molar-refractivity contribution in [1.29, 1.82) is 0 Å². The van der Waals surface area contributed by atoms with Crippen LogP contribution in [-0.2, 0) is 18.6 Å². The molecule has 0 aliphatic carbocycles. The summed E-state index contributed by atoms with van der Waals surface area (Å²) in [7, 11) is 0. The van der Waals surface area contributed by atoms with Crippen LogP contribution < -0.4 is 0 Å². The van der Waals surface area contributed by atoms with Crippen LogP contribution in [0.3, 0.4) is 0 Å². The second-order valence-corrected chi connectivity index (χ2v) is 1.82. The van der Waals surface area contributed by atoms with E-state index in [1.165, 1.54) is 12.1 Å². The van der Waals surface area contributed by atoms with Crippen LogP contribution in [0.4, 0.5) is 0 Å². The van der Waals surface area contributed by atoms with Crippen molar-refractivity contribution in [3.05, 3.63) is 29.8 Å². The fourth-order valence-electron chi connectivity index (χ4n) is 0.654. The Morgan fingerprint density at radius 3 is 2.18 bits per heavy atom. The first-order valence-electron chi connectivity index (χ1n) is 2.73.